The first-order chi connectivity index (χ1) is 7.50. The summed E-state index contributed by atoms with van der Waals surface area (Å²) >= 11 is 0. The zero-order valence-corrected chi connectivity index (χ0v) is 8.40. The highest BCUT2D eigenvalue weighted by Crippen LogP contribution is 2.13. The Morgan fingerprint density at radius 1 is 1.38 bits per heavy atom. The maximum absolute atomic E-state index is 12.9. The van der Waals surface area contributed by atoms with Crippen molar-refractivity contribution in [2.45, 2.75) is 0 Å². The van der Waals surface area contributed by atoms with Crippen LogP contribution < -0.4 is 5.56 Å². The molecule has 0 unspecified atom stereocenters. The fraction of sp³-hybridized carbons (Fsp3) is 0.0909. The number of hydrogen-bond donors (Lipinski definition) is 1. The minimum atomic E-state index is -1.19. The first-order valence-corrected chi connectivity index (χ1v) is 4.53. The van der Waals surface area contributed by atoms with E-state index in [4.69, 9.17) is 5.11 Å². The van der Waals surface area contributed by atoms with E-state index in [1.165, 1.54) is 25.2 Å². The lowest BCUT2D eigenvalue weighted by Gasteiger charge is -2.06. The molecule has 1 heterocycles. The fourth-order valence-electron chi connectivity index (χ4n) is 1.58. The van der Waals surface area contributed by atoms with Crippen LogP contribution in [0.4, 0.5) is 4.39 Å². The fourth-order valence-corrected chi connectivity index (χ4v) is 1.58. The molecule has 0 amide bonds. The van der Waals surface area contributed by atoms with Crippen LogP contribution in [-0.4, -0.2) is 15.6 Å². The lowest BCUT2D eigenvalue weighted by molar-refractivity contribution is 0.0685. The van der Waals surface area contributed by atoms with Gasteiger partial charge in [-0.25, -0.2) is 9.18 Å². The molecule has 0 bridgehead atoms. The summed E-state index contributed by atoms with van der Waals surface area (Å²) in [5, 5.41) is 9.46. The number of fused-ring (bicyclic) bond motifs is 1. The molecule has 0 aliphatic heterocycles. The van der Waals surface area contributed by atoms with Gasteiger partial charge in [0, 0.05) is 7.05 Å². The van der Waals surface area contributed by atoms with E-state index in [2.05, 4.69) is 0 Å². The zero-order valence-electron chi connectivity index (χ0n) is 8.40. The molecule has 2 rings (SSSR count). The molecule has 1 aromatic carbocycles. The summed E-state index contributed by atoms with van der Waals surface area (Å²) in [4.78, 5) is 22.6. The molecule has 0 saturated heterocycles. The molecule has 16 heavy (non-hydrogen) atoms. The summed E-state index contributed by atoms with van der Waals surface area (Å²) in [5.41, 5.74) is -0.640. The van der Waals surface area contributed by atoms with Crippen molar-refractivity contribution >= 4 is 16.7 Å². The molecule has 4 nitrogen and oxygen atoms in total. The Morgan fingerprint density at radius 2 is 2.06 bits per heavy atom. The highest BCUT2D eigenvalue weighted by molar-refractivity contribution is 5.92. The van der Waals surface area contributed by atoms with Gasteiger partial charge in [-0.2, -0.15) is 0 Å². The predicted molar refractivity (Wildman–Crippen MR) is 56.1 cm³/mol. The Morgan fingerprint density at radius 3 is 2.69 bits per heavy atom. The van der Waals surface area contributed by atoms with E-state index in [0.29, 0.717) is 5.39 Å². The van der Waals surface area contributed by atoms with Crippen LogP contribution in [0.3, 0.4) is 0 Å². The van der Waals surface area contributed by atoms with E-state index in [-0.39, 0.29) is 11.1 Å². The highest BCUT2D eigenvalue weighted by atomic mass is 19.1. The van der Waals surface area contributed by atoms with Crippen LogP contribution in [-0.2, 0) is 7.05 Å². The van der Waals surface area contributed by atoms with Crippen molar-refractivity contribution < 1.29 is 14.3 Å². The normalized spacial score (nSPS) is 10.6. The maximum atomic E-state index is 12.9. The minimum Gasteiger partial charge on any atom is -0.477 e. The minimum absolute atomic E-state index is 0.121. The number of nitrogens with zero attached hydrogens (tertiary/aromatic N) is 1. The molecule has 0 saturated carbocycles. The van der Waals surface area contributed by atoms with Crippen molar-refractivity contribution in [1.82, 2.24) is 4.57 Å². The van der Waals surface area contributed by atoms with Crippen molar-refractivity contribution in [1.29, 1.82) is 0 Å². The number of benzene rings is 1. The molecule has 0 spiro atoms. The number of pyridine rings is 1. The van der Waals surface area contributed by atoms with Gasteiger partial charge in [-0.05, 0) is 23.6 Å². The summed E-state index contributed by atoms with van der Waals surface area (Å²) in [6, 6.07) is 5.02. The van der Waals surface area contributed by atoms with Gasteiger partial charge in [-0.15, -0.1) is 0 Å². The van der Waals surface area contributed by atoms with Crippen LogP contribution in [0.25, 0.3) is 10.8 Å². The number of rotatable bonds is 1. The third-order valence-corrected chi connectivity index (χ3v) is 2.42. The third kappa shape index (κ3) is 1.46. The van der Waals surface area contributed by atoms with E-state index in [0.717, 1.165) is 10.6 Å². The summed E-state index contributed by atoms with van der Waals surface area (Å²) in [6.45, 7) is 0. The standard InChI is InChI=1S/C11H8FNO3/c1-13-9(11(15)16)4-6-2-3-7(12)5-8(6)10(13)14/h2-5H,1H3,(H,15,16). The summed E-state index contributed by atoms with van der Waals surface area (Å²) in [7, 11) is 1.34. The number of aromatic carboxylic acids is 1. The van der Waals surface area contributed by atoms with Gasteiger partial charge in [0.2, 0.25) is 0 Å². The quantitative estimate of drug-likeness (QED) is 0.791. The van der Waals surface area contributed by atoms with Crippen molar-refractivity contribution in [2.24, 2.45) is 7.05 Å². The Hall–Kier alpha value is -2.17. The molecule has 0 aliphatic carbocycles. The number of carbonyl (C=O) groups is 1. The Bertz CT molecular complexity index is 645. The van der Waals surface area contributed by atoms with E-state index < -0.39 is 17.3 Å². The van der Waals surface area contributed by atoms with Gasteiger partial charge in [0.25, 0.3) is 5.56 Å². The SMILES string of the molecule is Cn1c(C(=O)O)cc2ccc(F)cc2c1=O. The van der Waals surface area contributed by atoms with E-state index in [1.54, 1.807) is 0 Å². The predicted octanol–water partition coefficient (Wildman–Crippen LogP) is 1.38. The maximum Gasteiger partial charge on any atom is 0.352 e. The molecule has 0 fully saturated rings. The second-order valence-corrected chi connectivity index (χ2v) is 3.43. The van der Waals surface area contributed by atoms with Crippen LogP contribution >= 0.6 is 0 Å². The van der Waals surface area contributed by atoms with E-state index >= 15 is 0 Å². The largest absolute Gasteiger partial charge is 0.477 e. The zero-order chi connectivity index (χ0) is 11.9. The number of hydrogen-bond acceptors (Lipinski definition) is 2. The molecule has 5 heteroatoms. The topological polar surface area (TPSA) is 59.3 Å². The van der Waals surface area contributed by atoms with Crippen molar-refractivity contribution in [3.63, 3.8) is 0 Å². The Balaban J connectivity index is 2.94. The van der Waals surface area contributed by atoms with E-state index in [1.807, 2.05) is 0 Å². The van der Waals surface area contributed by atoms with Crippen LogP contribution in [0.2, 0.25) is 0 Å². The highest BCUT2D eigenvalue weighted by Gasteiger charge is 2.11. The second kappa shape index (κ2) is 3.44. The number of aromatic nitrogens is 1. The average molecular weight is 221 g/mol. The van der Waals surface area contributed by atoms with Crippen LogP contribution in [0.15, 0.2) is 29.1 Å². The summed E-state index contributed by atoms with van der Waals surface area (Å²) < 4.78 is 13.9. The lowest BCUT2D eigenvalue weighted by atomic mass is 10.1. The molecular weight excluding hydrogens is 213 g/mol. The lowest BCUT2D eigenvalue weighted by Crippen LogP contribution is -2.23. The molecule has 0 radical (unpaired) electrons. The second-order valence-electron chi connectivity index (χ2n) is 3.43. The molecule has 2 aromatic rings. The van der Waals surface area contributed by atoms with Crippen LogP contribution in [0, 0.1) is 5.82 Å². The van der Waals surface area contributed by atoms with Gasteiger partial charge in [0.15, 0.2) is 0 Å². The Labute approximate surface area is 89.6 Å². The number of halogens is 1. The Kier molecular flexibility index (Phi) is 2.23. The van der Waals surface area contributed by atoms with Gasteiger partial charge in [-0.3, -0.25) is 4.79 Å². The van der Waals surface area contributed by atoms with Gasteiger partial charge in [0.1, 0.15) is 11.5 Å². The summed E-state index contributed by atoms with van der Waals surface area (Å²) in [6.07, 6.45) is 0. The van der Waals surface area contributed by atoms with Crippen molar-refractivity contribution in [3.05, 3.63) is 46.1 Å². The number of carboxylic acids is 1. The molecule has 0 aliphatic rings. The molecule has 1 N–H and O–H groups in total. The van der Waals surface area contributed by atoms with Gasteiger partial charge in [-0.1, -0.05) is 6.07 Å². The first-order valence-electron chi connectivity index (χ1n) is 4.53. The van der Waals surface area contributed by atoms with Gasteiger partial charge < -0.3 is 9.67 Å². The van der Waals surface area contributed by atoms with E-state index in [9.17, 15) is 14.0 Å². The number of carboxylic acid groups (broad SMARTS) is 1. The van der Waals surface area contributed by atoms with Crippen LogP contribution in [0.5, 0.6) is 0 Å². The smallest absolute Gasteiger partial charge is 0.352 e. The third-order valence-electron chi connectivity index (χ3n) is 2.42. The summed E-state index contributed by atoms with van der Waals surface area (Å²) in [5.74, 6) is -1.71. The van der Waals surface area contributed by atoms with Crippen molar-refractivity contribution in [3.8, 4) is 0 Å². The van der Waals surface area contributed by atoms with Gasteiger partial charge in [0.05, 0.1) is 5.39 Å². The molecule has 1 aromatic heterocycles. The molecular formula is C11H8FNO3. The molecule has 0 atom stereocenters. The average Bonchev–Trinajstić information content (AvgIpc) is 2.23. The van der Waals surface area contributed by atoms with Gasteiger partial charge >= 0.3 is 5.97 Å². The first kappa shape index (κ1) is 10.4. The van der Waals surface area contributed by atoms with Crippen LogP contribution in [0.1, 0.15) is 10.5 Å². The van der Waals surface area contributed by atoms with Crippen molar-refractivity contribution in [2.75, 3.05) is 0 Å². The molecule has 82 valence electrons. The monoisotopic (exact) mass is 221 g/mol.